The van der Waals surface area contributed by atoms with Gasteiger partial charge in [0.05, 0.1) is 5.60 Å². The van der Waals surface area contributed by atoms with E-state index < -0.39 is 5.60 Å². The van der Waals surface area contributed by atoms with Crippen molar-refractivity contribution in [1.29, 1.82) is 0 Å². The molecule has 136 valence electrons. The number of rotatable bonds is 4. The zero-order valence-electron chi connectivity index (χ0n) is 14.8. The summed E-state index contributed by atoms with van der Waals surface area (Å²) in [6.45, 7) is 2.29. The minimum Gasteiger partial charge on any atom is -0.388 e. The second-order valence-corrected chi connectivity index (χ2v) is 7.29. The van der Waals surface area contributed by atoms with Crippen molar-refractivity contribution < 1.29 is 14.7 Å². The number of hydrogen-bond donors (Lipinski definition) is 3. The first-order valence-corrected chi connectivity index (χ1v) is 9.16. The standard InChI is InChI=1S/C19H27N3O3/c1-14-8-9-17(23)22(14)16-7-5-6-15(12-16)21-18(24)20-13-19(25)10-3-2-4-11-19/h5-7,12,14,25H,2-4,8-11,13H2,1H3,(H2,20,21,24)/t14-/m0/s1. The van der Waals surface area contributed by atoms with Crippen LogP contribution >= 0.6 is 0 Å². The molecule has 2 aliphatic rings. The van der Waals surface area contributed by atoms with E-state index in [9.17, 15) is 14.7 Å². The number of nitrogens with zero attached hydrogens (tertiary/aromatic N) is 1. The van der Waals surface area contributed by atoms with Gasteiger partial charge in [-0.3, -0.25) is 4.79 Å². The Morgan fingerprint density at radius 1 is 1.32 bits per heavy atom. The second-order valence-electron chi connectivity index (χ2n) is 7.29. The van der Waals surface area contributed by atoms with Crippen LogP contribution in [-0.2, 0) is 4.79 Å². The van der Waals surface area contributed by atoms with Gasteiger partial charge in [-0.1, -0.05) is 25.3 Å². The third kappa shape index (κ3) is 4.31. The first-order chi connectivity index (χ1) is 12.0. The zero-order chi connectivity index (χ0) is 17.9. The van der Waals surface area contributed by atoms with Crippen LogP contribution in [0.2, 0.25) is 0 Å². The summed E-state index contributed by atoms with van der Waals surface area (Å²) in [7, 11) is 0. The van der Waals surface area contributed by atoms with Crippen molar-refractivity contribution in [2.24, 2.45) is 0 Å². The molecule has 1 aromatic carbocycles. The van der Waals surface area contributed by atoms with Crippen LogP contribution < -0.4 is 15.5 Å². The highest BCUT2D eigenvalue weighted by Crippen LogP contribution is 2.29. The number of aliphatic hydroxyl groups is 1. The lowest BCUT2D eigenvalue weighted by Gasteiger charge is -2.32. The summed E-state index contributed by atoms with van der Waals surface area (Å²) in [5.74, 6) is 0.119. The molecule has 1 heterocycles. The number of urea groups is 1. The van der Waals surface area contributed by atoms with Crippen molar-refractivity contribution in [2.75, 3.05) is 16.8 Å². The van der Waals surface area contributed by atoms with Gasteiger partial charge in [0.15, 0.2) is 0 Å². The lowest BCUT2D eigenvalue weighted by atomic mass is 9.85. The topological polar surface area (TPSA) is 81.7 Å². The Bertz CT molecular complexity index is 641. The lowest BCUT2D eigenvalue weighted by molar-refractivity contribution is -0.117. The predicted octanol–water partition coefficient (Wildman–Crippen LogP) is 3.02. The Balaban J connectivity index is 1.58. The van der Waals surface area contributed by atoms with Crippen LogP contribution in [0.25, 0.3) is 0 Å². The van der Waals surface area contributed by atoms with Gasteiger partial charge in [0.1, 0.15) is 0 Å². The van der Waals surface area contributed by atoms with E-state index in [1.54, 1.807) is 11.0 Å². The largest absolute Gasteiger partial charge is 0.388 e. The summed E-state index contributed by atoms with van der Waals surface area (Å²) < 4.78 is 0. The minimum atomic E-state index is -0.783. The molecule has 0 spiro atoms. The molecule has 3 amide bonds. The monoisotopic (exact) mass is 345 g/mol. The number of carbonyl (C=O) groups is 2. The Labute approximate surface area is 148 Å². The number of carbonyl (C=O) groups excluding carboxylic acids is 2. The lowest BCUT2D eigenvalue weighted by Crippen LogP contribution is -2.45. The number of nitrogens with one attached hydrogen (secondary N) is 2. The predicted molar refractivity (Wildman–Crippen MR) is 97.7 cm³/mol. The third-order valence-corrected chi connectivity index (χ3v) is 5.23. The number of amides is 3. The summed E-state index contributed by atoms with van der Waals surface area (Å²) in [6.07, 6.45) is 6.05. The van der Waals surface area contributed by atoms with Crippen LogP contribution in [0.5, 0.6) is 0 Å². The Morgan fingerprint density at radius 2 is 2.08 bits per heavy atom. The highest BCUT2D eigenvalue weighted by Gasteiger charge is 2.30. The molecule has 25 heavy (non-hydrogen) atoms. The van der Waals surface area contributed by atoms with E-state index in [1.807, 2.05) is 25.1 Å². The molecule has 1 aromatic rings. The van der Waals surface area contributed by atoms with Crippen molar-refractivity contribution in [2.45, 2.75) is 63.5 Å². The molecule has 0 unspecified atom stereocenters. The van der Waals surface area contributed by atoms with E-state index in [0.717, 1.165) is 44.2 Å². The highest BCUT2D eigenvalue weighted by molar-refractivity contribution is 5.97. The molecule has 0 aromatic heterocycles. The van der Waals surface area contributed by atoms with Gasteiger partial charge in [-0.15, -0.1) is 0 Å². The third-order valence-electron chi connectivity index (χ3n) is 5.23. The van der Waals surface area contributed by atoms with Crippen molar-refractivity contribution in [1.82, 2.24) is 5.32 Å². The summed E-state index contributed by atoms with van der Waals surface area (Å²) in [4.78, 5) is 26.0. The fourth-order valence-corrected chi connectivity index (χ4v) is 3.77. The SMILES string of the molecule is C[C@H]1CCC(=O)N1c1cccc(NC(=O)NCC2(O)CCCCC2)c1. The molecule has 1 atom stereocenters. The molecule has 1 aliphatic heterocycles. The van der Waals surface area contributed by atoms with Crippen molar-refractivity contribution in [3.8, 4) is 0 Å². The van der Waals surface area contributed by atoms with E-state index >= 15 is 0 Å². The van der Waals surface area contributed by atoms with Crippen LogP contribution in [0.1, 0.15) is 51.9 Å². The average Bonchev–Trinajstić information content (AvgIpc) is 2.93. The van der Waals surface area contributed by atoms with E-state index in [0.29, 0.717) is 12.1 Å². The van der Waals surface area contributed by atoms with Gasteiger partial charge in [0, 0.05) is 30.4 Å². The fourth-order valence-electron chi connectivity index (χ4n) is 3.77. The van der Waals surface area contributed by atoms with Gasteiger partial charge in [0.25, 0.3) is 0 Å². The zero-order valence-corrected chi connectivity index (χ0v) is 14.8. The molecule has 6 nitrogen and oxygen atoms in total. The Morgan fingerprint density at radius 3 is 2.76 bits per heavy atom. The molecule has 3 N–H and O–H groups in total. The van der Waals surface area contributed by atoms with Crippen LogP contribution in [-0.4, -0.2) is 35.2 Å². The Kier molecular flexibility index (Phi) is 5.27. The van der Waals surface area contributed by atoms with Gasteiger partial charge in [-0.25, -0.2) is 4.79 Å². The first-order valence-electron chi connectivity index (χ1n) is 9.16. The normalized spacial score (nSPS) is 22.7. The molecule has 1 aliphatic carbocycles. The number of anilines is 2. The molecular weight excluding hydrogens is 318 g/mol. The van der Waals surface area contributed by atoms with Crippen LogP contribution in [0.3, 0.4) is 0 Å². The van der Waals surface area contributed by atoms with Gasteiger partial charge in [0.2, 0.25) is 5.91 Å². The molecule has 0 radical (unpaired) electrons. The van der Waals surface area contributed by atoms with Gasteiger partial charge >= 0.3 is 6.03 Å². The highest BCUT2D eigenvalue weighted by atomic mass is 16.3. The van der Waals surface area contributed by atoms with Gasteiger partial charge < -0.3 is 20.6 Å². The second kappa shape index (κ2) is 7.44. The maximum atomic E-state index is 12.1. The minimum absolute atomic E-state index is 0.119. The summed E-state index contributed by atoms with van der Waals surface area (Å²) in [6, 6.07) is 7.16. The maximum absolute atomic E-state index is 12.1. The van der Waals surface area contributed by atoms with E-state index in [4.69, 9.17) is 0 Å². The molecule has 1 saturated heterocycles. The summed E-state index contributed by atoms with van der Waals surface area (Å²) in [5, 5.41) is 16.0. The molecule has 1 saturated carbocycles. The molecule has 0 bridgehead atoms. The maximum Gasteiger partial charge on any atom is 0.319 e. The molecular formula is C19H27N3O3. The van der Waals surface area contributed by atoms with Crippen molar-refractivity contribution in [3.05, 3.63) is 24.3 Å². The van der Waals surface area contributed by atoms with E-state index in [-0.39, 0.29) is 24.5 Å². The summed E-state index contributed by atoms with van der Waals surface area (Å²) >= 11 is 0. The Hall–Kier alpha value is -2.08. The smallest absolute Gasteiger partial charge is 0.319 e. The summed E-state index contributed by atoms with van der Waals surface area (Å²) in [5.41, 5.74) is 0.658. The average molecular weight is 345 g/mol. The number of hydrogen-bond acceptors (Lipinski definition) is 3. The van der Waals surface area contributed by atoms with Crippen molar-refractivity contribution in [3.63, 3.8) is 0 Å². The molecule has 3 rings (SSSR count). The quantitative estimate of drug-likeness (QED) is 0.784. The fraction of sp³-hybridized carbons (Fsp3) is 0.579. The first kappa shape index (κ1) is 17.7. The van der Waals surface area contributed by atoms with Gasteiger partial charge in [-0.2, -0.15) is 0 Å². The van der Waals surface area contributed by atoms with E-state index in [2.05, 4.69) is 10.6 Å². The molecule has 2 fully saturated rings. The van der Waals surface area contributed by atoms with Crippen LogP contribution in [0.4, 0.5) is 16.2 Å². The van der Waals surface area contributed by atoms with Crippen LogP contribution in [0, 0.1) is 0 Å². The van der Waals surface area contributed by atoms with Crippen LogP contribution in [0.15, 0.2) is 24.3 Å². The van der Waals surface area contributed by atoms with Gasteiger partial charge in [-0.05, 0) is 44.4 Å². The number of benzene rings is 1. The van der Waals surface area contributed by atoms with E-state index in [1.165, 1.54) is 0 Å². The molecule has 6 heteroatoms. The van der Waals surface area contributed by atoms with Crippen molar-refractivity contribution >= 4 is 23.3 Å².